The lowest BCUT2D eigenvalue weighted by Crippen LogP contribution is -2.80. The molecule has 6 aliphatic rings. The number of likely N-dealkylation sites (tertiary alicyclic amines) is 1. The number of Topliss-reactive ketones (excluding diaryl/α,β-unsaturated/α-hetero) is 1. The van der Waals surface area contributed by atoms with Crippen molar-refractivity contribution in [3.8, 4) is 11.5 Å². The van der Waals surface area contributed by atoms with Crippen molar-refractivity contribution >= 4 is 18.0 Å². The van der Waals surface area contributed by atoms with Gasteiger partial charge in [0.15, 0.2) is 11.5 Å². The fourth-order valence-corrected chi connectivity index (χ4v) is 8.47. The van der Waals surface area contributed by atoms with Crippen LogP contribution in [0.3, 0.4) is 0 Å². The second kappa shape index (κ2) is 8.46. The molecule has 2 fully saturated rings. The maximum Gasteiger partial charge on any atom is 0.513 e. The van der Waals surface area contributed by atoms with E-state index in [1.165, 1.54) is 0 Å². The van der Waals surface area contributed by atoms with Crippen molar-refractivity contribution < 1.29 is 38.1 Å². The lowest BCUT2D eigenvalue weighted by molar-refractivity contribution is -0.220. The third-order valence-corrected chi connectivity index (χ3v) is 10.0. The van der Waals surface area contributed by atoms with Crippen molar-refractivity contribution in [3.05, 3.63) is 35.4 Å². The molecule has 1 saturated heterocycles. The van der Waals surface area contributed by atoms with Crippen molar-refractivity contribution in [2.24, 2.45) is 17.3 Å². The Hall–Kier alpha value is -3.07. The Morgan fingerprint density at radius 2 is 1.92 bits per heavy atom. The molecule has 2 heterocycles. The van der Waals surface area contributed by atoms with E-state index < -0.39 is 28.7 Å². The highest BCUT2D eigenvalue weighted by molar-refractivity contribution is 5.79. The summed E-state index contributed by atoms with van der Waals surface area (Å²) in [6.07, 6.45) is 4.64. The second-order valence-electron chi connectivity index (χ2n) is 11.2. The van der Waals surface area contributed by atoms with Gasteiger partial charge in [0.2, 0.25) is 0 Å². The Morgan fingerprint density at radius 3 is 2.61 bits per heavy atom. The number of fused-ring (bicyclic) bond motifs is 1. The second-order valence-corrected chi connectivity index (χ2v) is 11.2. The zero-order valence-electron chi connectivity index (χ0n) is 22.6. The van der Waals surface area contributed by atoms with Gasteiger partial charge in [-0.05, 0) is 51.7 Å². The molecular weight excluding hydrogens is 490 g/mol. The fraction of sp³-hybridized carbons (Fsp3) is 0.621. The molecule has 4 bridgehead atoms. The first-order valence-corrected chi connectivity index (χ1v) is 13.6. The fourth-order valence-electron chi connectivity index (χ4n) is 8.47. The number of piperidine rings is 1. The number of carbonyl (C=O) groups excluding carboxylic acids is 3. The molecule has 2 aliphatic heterocycles. The average molecular weight is 526 g/mol. The van der Waals surface area contributed by atoms with Crippen LogP contribution in [0.5, 0.6) is 11.5 Å². The van der Waals surface area contributed by atoms with Gasteiger partial charge in [-0.15, -0.1) is 0 Å². The predicted molar refractivity (Wildman–Crippen MR) is 135 cm³/mol. The number of benzene rings is 1. The van der Waals surface area contributed by atoms with Gasteiger partial charge in [-0.1, -0.05) is 25.1 Å². The lowest BCUT2D eigenvalue weighted by Gasteiger charge is -2.71. The summed E-state index contributed by atoms with van der Waals surface area (Å²) in [6.45, 7) is 8.11. The first-order valence-electron chi connectivity index (χ1n) is 13.6. The third-order valence-electron chi connectivity index (χ3n) is 10.0. The van der Waals surface area contributed by atoms with E-state index in [4.69, 9.17) is 23.7 Å². The van der Waals surface area contributed by atoms with E-state index in [0.717, 1.165) is 11.1 Å². The molecule has 38 heavy (non-hydrogen) atoms. The molecular formula is C29H35NO8. The van der Waals surface area contributed by atoms with Crippen LogP contribution in [-0.4, -0.2) is 67.5 Å². The van der Waals surface area contributed by atoms with Gasteiger partial charge in [0.1, 0.15) is 17.5 Å². The number of methoxy groups -OCH3 is 1. The minimum Gasteiger partial charge on any atom is -0.482 e. The maximum atomic E-state index is 13.2. The average Bonchev–Trinajstić information content (AvgIpc) is 3.26. The molecule has 9 heteroatoms. The molecule has 1 aromatic rings. The smallest absolute Gasteiger partial charge is 0.482 e. The Kier molecular flexibility index (Phi) is 5.62. The molecule has 7 atom stereocenters. The monoisotopic (exact) mass is 525 g/mol. The topological polar surface area (TPSA) is 101 Å². The van der Waals surface area contributed by atoms with Crippen LogP contribution in [0.1, 0.15) is 51.7 Å². The minimum absolute atomic E-state index is 0.0866. The lowest BCUT2D eigenvalue weighted by atomic mass is 9.36. The number of carbonyl (C=O) groups is 3. The van der Waals surface area contributed by atoms with Crippen molar-refractivity contribution in [2.75, 3.05) is 26.9 Å². The van der Waals surface area contributed by atoms with Crippen LogP contribution in [0.25, 0.3) is 0 Å². The molecule has 0 N–H and O–H groups in total. The highest BCUT2D eigenvalue weighted by atomic mass is 16.7. The number of ketones is 1. The van der Waals surface area contributed by atoms with E-state index in [2.05, 4.69) is 12.2 Å². The number of ether oxygens (including phenoxy) is 5. The van der Waals surface area contributed by atoms with Crippen molar-refractivity contribution in [1.29, 1.82) is 0 Å². The molecule has 1 saturated carbocycles. The van der Waals surface area contributed by atoms with Crippen molar-refractivity contribution in [3.63, 3.8) is 0 Å². The summed E-state index contributed by atoms with van der Waals surface area (Å²) in [5.74, 6) is 0.491. The SMILES string of the molecule is CCOC(=O)Oc1ccc2c3c1OC1C4(OC)C=CC5(CC4C(C)C(C)=O)C(C2)N(C(=O)OCC)CCC315. The van der Waals surface area contributed by atoms with Gasteiger partial charge in [0.25, 0.3) is 0 Å². The number of rotatable bonds is 6. The summed E-state index contributed by atoms with van der Waals surface area (Å²) in [7, 11) is 1.68. The summed E-state index contributed by atoms with van der Waals surface area (Å²) in [5, 5.41) is 0. The quantitative estimate of drug-likeness (QED) is 0.310. The van der Waals surface area contributed by atoms with Crippen LogP contribution >= 0.6 is 0 Å². The molecule has 7 rings (SSSR count). The molecule has 9 nitrogen and oxygen atoms in total. The van der Waals surface area contributed by atoms with E-state index >= 15 is 0 Å². The van der Waals surface area contributed by atoms with Gasteiger partial charge in [0, 0.05) is 42.5 Å². The zero-order valence-corrected chi connectivity index (χ0v) is 22.6. The third kappa shape index (κ3) is 2.88. The van der Waals surface area contributed by atoms with E-state index in [-0.39, 0.29) is 36.4 Å². The van der Waals surface area contributed by atoms with Crippen LogP contribution in [-0.2, 0) is 30.8 Å². The normalized spacial score (nSPS) is 35.7. The van der Waals surface area contributed by atoms with Crippen molar-refractivity contribution in [2.45, 2.75) is 70.1 Å². The molecule has 1 amide bonds. The molecule has 0 aromatic heterocycles. The maximum absolute atomic E-state index is 13.2. The molecule has 4 aliphatic carbocycles. The summed E-state index contributed by atoms with van der Waals surface area (Å²) in [6, 6.07) is 3.53. The van der Waals surface area contributed by atoms with E-state index in [1.807, 2.05) is 24.8 Å². The molecule has 204 valence electrons. The Morgan fingerprint density at radius 1 is 1.16 bits per heavy atom. The minimum atomic E-state index is -0.863. The standard InChI is InChI=1S/C29H35NO8/c1-6-35-25(32)30-13-12-28-22-18-8-9-20(37-26(33)36-7-2)23(22)38-24(28)29(34-5)11-10-27(28,21(30)14-18)15-19(29)16(3)17(4)31/h8-11,16,19,21,24H,6-7,12-15H2,1-5H3. The number of hydrogen-bond acceptors (Lipinski definition) is 8. The Balaban J connectivity index is 1.58. The summed E-state index contributed by atoms with van der Waals surface area (Å²) < 4.78 is 29.4. The highest BCUT2D eigenvalue weighted by Crippen LogP contribution is 2.75. The first kappa shape index (κ1) is 25.2. The van der Waals surface area contributed by atoms with Crippen LogP contribution in [0.2, 0.25) is 0 Å². The van der Waals surface area contributed by atoms with Gasteiger partial charge in [-0.3, -0.25) is 4.79 Å². The highest BCUT2D eigenvalue weighted by Gasteiger charge is 2.80. The molecule has 1 aromatic carbocycles. The molecule has 0 radical (unpaired) electrons. The van der Waals surface area contributed by atoms with E-state index in [0.29, 0.717) is 43.9 Å². The van der Waals surface area contributed by atoms with Gasteiger partial charge < -0.3 is 28.6 Å². The Bertz CT molecular complexity index is 1240. The van der Waals surface area contributed by atoms with Crippen LogP contribution in [0.4, 0.5) is 9.59 Å². The van der Waals surface area contributed by atoms with Crippen molar-refractivity contribution in [1.82, 2.24) is 4.90 Å². The van der Waals surface area contributed by atoms with Crippen LogP contribution in [0, 0.1) is 17.3 Å². The summed E-state index contributed by atoms with van der Waals surface area (Å²) in [4.78, 5) is 40.2. The van der Waals surface area contributed by atoms with E-state index in [1.54, 1.807) is 27.0 Å². The largest absolute Gasteiger partial charge is 0.513 e. The Labute approximate surface area is 222 Å². The van der Waals surface area contributed by atoms with E-state index in [9.17, 15) is 14.4 Å². The summed E-state index contributed by atoms with van der Waals surface area (Å²) >= 11 is 0. The predicted octanol–water partition coefficient (Wildman–Crippen LogP) is 4.19. The molecule has 2 spiro atoms. The zero-order chi connectivity index (χ0) is 27.0. The van der Waals surface area contributed by atoms with Gasteiger partial charge in [-0.25, -0.2) is 9.59 Å². The summed E-state index contributed by atoms with van der Waals surface area (Å²) in [5.41, 5.74) is 0.210. The van der Waals surface area contributed by atoms with Crippen LogP contribution in [0.15, 0.2) is 24.3 Å². The number of amides is 1. The van der Waals surface area contributed by atoms with Gasteiger partial charge >= 0.3 is 12.2 Å². The molecule has 7 unspecified atom stereocenters. The first-order chi connectivity index (χ1) is 18.2. The van der Waals surface area contributed by atoms with Gasteiger partial charge in [-0.2, -0.15) is 0 Å². The number of nitrogens with zero attached hydrogens (tertiary/aromatic N) is 1. The number of hydrogen-bond donors (Lipinski definition) is 0. The van der Waals surface area contributed by atoms with Gasteiger partial charge in [0.05, 0.1) is 18.6 Å². The van der Waals surface area contributed by atoms with Crippen LogP contribution < -0.4 is 9.47 Å².